The van der Waals surface area contributed by atoms with E-state index < -0.39 is 0 Å². The molecule has 2 nitrogen and oxygen atoms in total. The topological polar surface area (TPSA) is 29.3 Å². The number of rotatable bonds is 4. The van der Waals surface area contributed by atoms with E-state index in [9.17, 15) is 0 Å². The van der Waals surface area contributed by atoms with Crippen LogP contribution in [0, 0.1) is 0 Å². The molecule has 1 saturated heterocycles. The summed E-state index contributed by atoms with van der Waals surface area (Å²) in [5, 5.41) is 0. The molecule has 1 heterocycles. The summed E-state index contributed by atoms with van der Waals surface area (Å²) >= 11 is 0. The minimum Gasteiger partial charge on any atom is -0.368 e. The minimum absolute atomic E-state index is 0.171. The molecule has 1 aromatic rings. The van der Waals surface area contributed by atoms with Crippen LogP contribution in [0.4, 0.5) is 5.69 Å². The van der Waals surface area contributed by atoms with Crippen LogP contribution in [0.25, 0.3) is 0 Å². The average molecular weight is 232 g/mol. The number of anilines is 1. The lowest BCUT2D eigenvalue weighted by Gasteiger charge is -2.29. The predicted molar refractivity (Wildman–Crippen MR) is 74.3 cm³/mol. The van der Waals surface area contributed by atoms with Crippen LogP contribution in [-0.2, 0) is 0 Å². The third-order valence-corrected chi connectivity index (χ3v) is 3.93. The van der Waals surface area contributed by atoms with E-state index in [-0.39, 0.29) is 6.04 Å². The lowest BCUT2D eigenvalue weighted by molar-refractivity contribution is 0.635. The number of nitrogens with zero attached hydrogens (tertiary/aromatic N) is 1. The summed E-state index contributed by atoms with van der Waals surface area (Å²) in [7, 11) is 0. The van der Waals surface area contributed by atoms with Crippen LogP contribution in [0.2, 0.25) is 0 Å². The summed E-state index contributed by atoms with van der Waals surface area (Å²) in [6.07, 6.45) is 4.87. The summed E-state index contributed by atoms with van der Waals surface area (Å²) in [6.45, 7) is 5.63. The van der Waals surface area contributed by atoms with Crippen molar-refractivity contribution in [1.82, 2.24) is 0 Å². The number of hydrogen-bond acceptors (Lipinski definition) is 2. The maximum absolute atomic E-state index is 6.22. The second-order valence-corrected chi connectivity index (χ2v) is 4.97. The first-order valence-electron chi connectivity index (χ1n) is 6.89. The SMILES string of the molecule is CCC1CCCN1c1ccccc1[C@@H](N)CC. The van der Waals surface area contributed by atoms with E-state index in [1.54, 1.807) is 0 Å². The standard InChI is InChI=1S/C15H24N2/c1-3-12-8-7-11-17(12)15-10-6-5-9-13(15)14(16)4-2/h5-6,9-10,12,14H,3-4,7-8,11,16H2,1-2H3/t12?,14-/m0/s1. The van der Waals surface area contributed by atoms with Crippen molar-refractivity contribution >= 4 is 5.69 Å². The summed E-state index contributed by atoms with van der Waals surface area (Å²) in [6, 6.07) is 9.54. The van der Waals surface area contributed by atoms with Crippen LogP contribution in [-0.4, -0.2) is 12.6 Å². The van der Waals surface area contributed by atoms with Gasteiger partial charge in [-0.3, -0.25) is 0 Å². The van der Waals surface area contributed by atoms with E-state index in [0.29, 0.717) is 6.04 Å². The Kier molecular flexibility index (Phi) is 4.06. The zero-order valence-electron chi connectivity index (χ0n) is 11.0. The maximum Gasteiger partial charge on any atom is 0.0417 e. The Morgan fingerprint density at radius 3 is 2.82 bits per heavy atom. The zero-order valence-corrected chi connectivity index (χ0v) is 11.0. The van der Waals surface area contributed by atoms with Crippen LogP contribution >= 0.6 is 0 Å². The fourth-order valence-corrected chi connectivity index (χ4v) is 2.86. The lowest BCUT2D eigenvalue weighted by Crippen LogP contribution is -2.30. The fourth-order valence-electron chi connectivity index (χ4n) is 2.86. The van der Waals surface area contributed by atoms with Crippen LogP contribution in [0.3, 0.4) is 0 Å². The number of nitrogens with two attached hydrogens (primary N) is 1. The Morgan fingerprint density at radius 2 is 2.12 bits per heavy atom. The van der Waals surface area contributed by atoms with E-state index >= 15 is 0 Å². The first-order chi connectivity index (χ1) is 8.27. The molecule has 1 aliphatic heterocycles. The Bertz CT molecular complexity index is 362. The highest BCUT2D eigenvalue weighted by atomic mass is 15.2. The molecule has 0 aliphatic carbocycles. The van der Waals surface area contributed by atoms with E-state index in [4.69, 9.17) is 5.73 Å². The second kappa shape index (κ2) is 5.54. The van der Waals surface area contributed by atoms with Crippen molar-refractivity contribution in [3.63, 3.8) is 0 Å². The van der Waals surface area contributed by atoms with Crippen LogP contribution < -0.4 is 10.6 Å². The molecule has 94 valence electrons. The monoisotopic (exact) mass is 232 g/mol. The Morgan fingerprint density at radius 1 is 1.35 bits per heavy atom. The lowest BCUT2D eigenvalue weighted by atomic mass is 10.0. The van der Waals surface area contributed by atoms with Crippen molar-refractivity contribution < 1.29 is 0 Å². The quantitative estimate of drug-likeness (QED) is 0.861. The third kappa shape index (κ3) is 2.47. The highest BCUT2D eigenvalue weighted by Gasteiger charge is 2.25. The van der Waals surface area contributed by atoms with Gasteiger partial charge in [0.25, 0.3) is 0 Å². The van der Waals surface area contributed by atoms with E-state index in [0.717, 1.165) is 6.42 Å². The predicted octanol–water partition coefficient (Wildman–Crippen LogP) is 3.48. The van der Waals surface area contributed by atoms with Gasteiger partial charge in [-0.05, 0) is 37.3 Å². The largest absolute Gasteiger partial charge is 0.368 e. The van der Waals surface area contributed by atoms with Gasteiger partial charge in [0.15, 0.2) is 0 Å². The van der Waals surface area contributed by atoms with Crippen molar-refractivity contribution in [3.8, 4) is 0 Å². The number of hydrogen-bond donors (Lipinski definition) is 1. The minimum atomic E-state index is 0.171. The molecular weight excluding hydrogens is 208 g/mol. The van der Waals surface area contributed by atoms with Crippen molar-refractivity contribution in [2.75, 3.05) is 11.4 Å². The molecule has 0 radical (unpaired) electrons. The van der Waals surface area contributed by atoms with E-state index in [2.05, 4.69) is 43.0 Å². The maximum atomic E-state index is 6.22. The van der Waals surface area contributed by atoms with E-state index in [1.165, 1.54) is 37.1 Å². The molecule has 0 amide bonds. The summed E-state index contributed by atoms with van der Waals surface area (Å²) in [5.41, 5.74) is 8.90. The van der Waals surface area contributed by atoms with Crippen LogP contribution in [0.5, 0.6) is 0 Å². The fraction of sp³-hybridized carbons (Fsp3) is 0.600. The molecule has 0 saturated carbocycles. The van der Waals surface area contributed by atoms with Crippen molar-refractivity contribution in [1.29, 1.82) is 0 Å². The molecule has 2 rings (SSSR count). The molecule has 2 N–H and O–H groups in total. The second-order valence-electron chi connectivity index (χ2n) is 4.97. The first-order valence-corrected chi connectivity index (χ1v) is 6.89. The van der Waals surface area contributed by atoms with Gasteiger partial charge in [0, 0.05) is 24.3 Å². The van der Waals surface area contributed by atoms with Gasteiger partial charge in [0.2, 0.25) is 0 Å². The first kappa shape index (κ1) is 12.4. The molecule has 2 heteroatoms. The Hall–Kier alpha value is -1.02. The van der Waals surface area contributed by atoms with Crippen molar-refractivity contribution in [2.45, 2.75) is 51.6 Å². The molecule has 0 aromatic heterocycles. The summed E-state index contributed by atoms with van der Waals surface area (Å²) in [5.74, 6) is 0. The normalized spacial score (nSPS) is 21.8. The van der Waals surface area contributed by atoms with Crippen LogP contribution in [0.1, 0.15) is 51.1 Å². The van der Waals surface area contributed by atoms with Crippen LogP contribution in [0.15, 0.2) is 24.3 Å². The van der Waals surface area contributed by atoms with Gasteiger partial charge >= 0.3 is 0 Å². The molecule has 1 aliphatic rings. The van der Waals surface area contributed by atoms with Gasteiger partial charge in [0.05, 0.1) is 0 Å². The van der Waals surface area contributed by atoms with Crippen molar-refractivity contribution in [3.05, 3.63) is 29.8 Å². The molecular formula is C15H24N2. The Labute approximate surface area is 105 Å². The van der Waals surface area contributed by atoms with Gasteiger partial charge in [0.1, 0.15) is 0 Å². The zero-order chi connectivity index (χ0) is 12.3. The van der Waals surface area contributed by atoms with Gasteiger partial charge < -0.3 is 10.6 Å². The summed E-state index contributed by atoms with van der Waals surface area (Å²) < 4.78 is 0. The average Bonchev–Trinajstić information content (AvgIpc) is 2.86. The molecule has 1 fully saturated rings. The molecule has 1 unspecified atom stereocenters. The van der Waals surface area contributed by atoms with Crippen molar-refractivity contribution in [2.24, 2.45) is 5.73 Å². The third-order valence-electron chi connectivity index (χ3n) is 3.93. The van der Waals surface area contributed by atoms with Gasteiger partial charge in [-0.2, -0.15) is 0 Å². The molecule has 17 heavy (non-hydrogen) atoms. The number of benzene rings is 1. The molecule has 0 bridgehead atoms. The van der Waals surface area contributed by atoms with E-state index in [1.807, 2.05) is 0 Å². The number of para-hydroxylation sites is 1. The van der Waals surface area contributed by atoms with Gasteiger partial charge in [-0.25, -0.2) is 0 Å². The van der Waals surface area contributed by atoms with Gasteiger partial charge in [-0.1, -0.05) is 32.0 Å². The molecule has 0 spiro atoms. The Balaban J connectivity index is 2.31. The smallest absolute Gasteiger partial charge is 0.0417 e. The molecule has 2 atom stereocenters. The van der Waals surface area contributed by atoms with Gasteiger partial charge in [-0.15, -0.1) is 0 Å². The molecule has 1 aromatic carbocycles. The highest BCUT2D eigenvalue weighted by Crippen LogP contribution is 2.33. The summed E-state index contributed by atoms with van der Waals surface area (Å²) in [4.78, 5) is 2.56. The highest BCUT2D eigenvalue weighted by molar-refractivity contribution is 5.56.